The third-order valence-corrected chi connectivity index (χ3v) is 4.40. The SMILES string of the molecule is COc1ccc(Cl)cc1NC1CCc2cc(Br)ccc21. The quantitative estimate of drug-likeness (QED) is 0.818. The zero-order chi connectivity index (χ0) is 14.1. The van der Waals surface area contributed by atoms with Crippen molar-refractivity contribution < 1.29 is 4.74 Å². The number of hydrogen-bond donors (Lipinski definition) is 1. The zero-order valence-corrected chi connectivity index (χ0v) is 13.5. The lowest BCUT2D eigenvalue weighted by Crippen LogP contribution is -2.08. The van der Waals surface area contributed by atoms with Crippen LogP contribution in [0.25, 0.3) is 0 Å². The van der Waals surface area contributed by atoms with E-state index in [1.165, 1.54) is 11.1 Å². The lowest BCUT2D eigenvalue weighted by atomic mass is 10.1. The Balaban J connectivity index is 1.89. The van der Waals surface area contributed by atoms with Gasteiger partial charge in [0, 0.05) is 9.50 Å². The molecule has 104 valence electrons. The number of aryl methyl sites for hydroxylation is 1. The molecule has 20 heavy (non-hydrogen) atoms. The van der Waals surface area contributed by atoms with E-state index in [0.717, 1.165) is 28.8 Å². The second-order valence-corrected chi connectivity index (χ2v) is 6.28. The molecule has 0 spiro atoms. The van der Waals surface area contributed by atoms with Crippen molar-refractivity contribution in [2.24, 2.45) is 0 Å². The lowest BCUT2D eigenvalue weighted by Gasteiger charge is -2.18. The average Bonchev–Trinajstić information content (AvgIpc) is 2.81. The topological polar surface area (TPSA) is 21.3 Å². The van der Waals surface area contributed by atoms with E-state index in [1.54, 1.807) is 7.11 Å². The van der Waals surface area contributed by atoms with Gasteiger partial charge in [-0.05, 0) is 54.3 Å². The minimum atomic E-state index is 0.311. The van der Waals surface area contributed by atoms with Crippen LogP contribution in [0.5, 0.6) is 5.75 Å². The van der Waals surface area contributed by atoms with Crippen LogP contribution in [-0.4, -0.2) is 7.11 Å². The minimum Gasteiger partial charge on any atom is -0.495 e. The summed E-state index contributed by atoms with van der Waals surface area (Å²) in [6.45, 7) is 0. The largest absolute Gasteiger partial charge is 0.495 e. The monoisotopic (exact) mass is 351 g/mol. The molecule has 1 unspecified atom stereocenters. The molecule has 0 amide bonds. The van der Waals surface area contributed by atoms with E-state index in [0.29, 0.717) is 11.1 Å². The van der Waals surface area contributed by atoms with Crippen molar-refractivity contribution in [3.05, 3.63) is 57.0 Å². The third-order valence-electron chi connectivity index (χ3n) is 3.67. The molecule has 0 saturated heterocycles. The van der Waals surface area contributed by atoms with Gasteiger partial charge in [0.25, 0.3) is 0 Å². The maximum absolute atomic E-state index is 6.08. The summed E-state index contributed by atoms with van der Waals surface area (Å²) < 4.78 is 6.53. The zero-order valence-electron chi connectivity index (χ0n) is 11.1. The number of nitrogens with one attached hydrogen (secondary N) is 1. The van der Waals surface area contributed by atoms with Crippen molar-refractivity contribution >= 4 is 33.2 Å². The average molecular weight is 353 g/mol. The molecule has 1 aliphatic carbocycles. The summed E-state index contributed by atoms with van der Waals surface area (Å²) in [5.74, 6) is 0.819. The molecule has 0 radical (unpaired) electrons. The fraction of sp³-hybridized carbons (Fsp3) is 0.250. The van der Waals surface area contributed by atoms with Gasteiger partial charge in [-0.25, -0.2) is 0 Å². The van der Waals surface area contributed by atoms with Crippen LogP contribution in [0.4, 0.5) is 5.69 Å². The number of anilines is 1. The fourth-order valence-corrected chi connectivity index (χ4v) is 3.30. The smallest absolute Gasteiger partial charge is 0.142 e. The second kappa shape index (κ2) is 5.66. The normalized spacial score (nSPS) is 16.9. The summed E-state index contributed by atoms with van der Waals surface area (Å²) in [5, 5.41) is 4.26. The van der Waals surface area contributed by atoms with Crippen molar-refractivity contribution in [3.8, 4) is 5.75 Å². The number of fused-ring (bicyclic) bond motifs is 1. The van der Waals surface area contributed by atoms with E-state index in [2.05, 4.69) is 39.4 Å². The highest BCUT2D eigenvalue weighted by atomic mass is 79.9. The highest BCUT2D eigenvalue weighted by molar-refractivity contribution is 9.10. The van der Waals surface area contributed by atoms with Crippen molar-refractivity contribution in [2.75, 3.05) is 12.4 Å². The van der Waals surface area contributed by atoms with E-state index < -0.39 is 0 Å². The number of hydrogen-bond acceptors (Lipinski definition) is 2. The summed E-state index contributed by atoms with van der Waals surface area (Å²) in [4.78, 5) is 0. The van der Waals surface area contributed by atoms with Gasteiger partial charge in [0.15, 0.2) is 0 Å². The molecule has 3 rings (SSSR count). The molecule has 2 aromatic rings. The Kier molecular flexibility index (Phi) is 3.90. The molecule has 1 N–H and O–H groups in total. The summed E-state index contributed by atoms with van der Waals surface area (Å²) in [6, 6.07) is 12.4. The first-order valence-electron chi connectivity index (χ1n) is 6.56. The Hall–Kier alpha value is -1.19. The Labute approximate surface area is 132 Å². The predicted octanol–water partition coefficient (Wildman–Crippen LogP) is 5.21. The van der Waals surface area contributed by atoms with Gasteiger partial charge >= 0.3 is 0 Å². The van der Waals surface area contributed by atoms with Gasteiger partial charge in [0.05, 0.1) is 18.8 Å². The first-order valence-corrected chi connectivity index (χ1v) is 7.73. The van der Waals surface area contributed by atoms with Crippen molar-refractivity contribution in [3.63, 3.8) is 0 Å². The minimum absolute atomic E-state index is 0.311. The summed E-state index contributed by atoms with van der Waals surface area (Å²) in [6.07, 6.45) is 2.18. The third kappa shape index (κ3) is 2.65. The maximum Gasteiger partial charge on any atom is 0.142 e. The van der Waals surface area contributed by atoms with Gasteiger partial charge in [-0.1, -0.05) is 33.6 Å². The van der Waals surface area contributed by atoms with Gasteiger partial charge < -0.3 is 10.1 Å². The molecular formula is C16H15BrClNO. The number of rotatable bonds is 3. The Morgan fingerprint density at radius 3 is 2.90 bits per heavy atom. The van der Waals surface area contributed by atoms with Crippen LogP contribution >= 0.6 is 27.5 Å². The first-order chi connectivity index (χ1) is 9.67. The van der Waals surface area contributed by atoms with Crippen LogP contribution in [0.1, 0.15) is 23.6 Å². The Bertz CT molecular complexity index is 644. The van der Waals surface area contributed by atoms with E-state index in [4.69, 9.17) is 16.3 Å². The van der Waals surface area contributed by atoms with Gasteiger partial charge in [-0.3, -0.25) is 0 Å². The second-order valence-electron chi connectivity index (χ2n) is 4.92. The van der Waals surface area contributed by atoms with Crippen LogP contribution < -0.4 is 10.1 Å². The Morgan fingerprint density at radius 1 is 1.25 bits per heavy atom. The highest BCUT2D eigenvalue weighted by Crippen LogP contribution is 2.38. The molecule has 0 aromatic heterocycles. The number of halogens is 2. The van der Waals surface area contributed by atoms with Gasteiger partial charge in [0.2, 0.25) is 0 Å². The molecule has 0 bridgehead atoms. The van der Waals surface area contributed by atoms with Crippen LogP contribution in [0.3, 0.4) is 0 Å². The molecule has 1 aliphatic rings. The molecular weight excluding hydrogens is 338 g/mol. The van der Waals surface area contributed by atoms with Crippen LogP contribution in [0, 0.1) is 0 Å². The standard InChI is InChI=1S/C16H15BrClNO/c1-20-16-7-4-12(18)9-15(16)19-14-6-2-10-8-11(17)3-5-13(10)14/h3-5,7-9,14,19H,2,6H2,1H3. The molecule has 0 aliphatic heterocycles. The summed E-state index contributed by atoms with van der Waals surface area (Å²) in [7, 11) is 1.67. The number of ether oxygens (including phenoxy) is 1. The van der Waals surface area contributed by atoms with E-state index in [1.807, 2.05) is 18.2 Å². The highest BCUT2D eigenvalue weighted by Gasteiger charge is 2.23. The molecule has 0 saturated carbocycles. The van der Waals surface area contributed by atoms with Crippen molar-refractivity contribution in [1.82, 2.24) is 0 Å². The molecule has 2 aromatic carbocycles. The molecule has 0 fully saturated rings. The fourth-order valence-electron chi connectivity index (χ4n) is 2.72. The summed E-state index contributed by atoms with van der Waals surface area (Å²) in [5.41, 5.74) is 3.70. The summed E-state index contributed by atoms with van der Waals surface area (Å²) >= 11 is 9.60. The molecule has 2 nitrogen and oxygen atoms in total. The number of benzene rings is 2. The van der Waals surface area contributed by atoms with Crippen LogP contribution in [0.2, 0.25) is 5.02 Å². The predicted molar refractivity (Wildman–Crippen MR) is 86.8 cm³/mol. The van der Waals surface area contributed by atoms with Crippen LogP contribution in [-0.2, 0) is 6.42 Å². The first kappa shape index (κ1) is 13.8. The number of methoxy groups -OCH3 is 1. The van der Waals surface area contributed by atoms with Crippen molar-refractivity contribution in [2.45, 2.75) is 18.9 Å². The van der Waals surface area contributed by atoms with Gasteiger partial charge in [-0.2, -0.15) is 0 Å². The Morgan fingerprint density at radius 2 is 2.10 bits per heavy atom. The van der Waals surface area contributed by atoms with Gasteiger partial charge in [-0.15, -0.1) is 0 Å². The molecule has 1 atom stereocenters. The van der Waals surface area contributed by atoms with E-state index >= 15 is 0 Å². The lowest BCUT2D eigenvalue weighted by molar-refractivity contribution is 0.416. The van der Waals surface area contributed by atoms with E-state index in [9.17, 15) is 0 Å². The van der Waals surface area contributed by atoms with Gasteiger partial charge in [0.1, 0.15) is 5.75 Å². The molecule has 0 heterocycles. The van der Waals surface area contributed by atoms with Crippen molar-refractivity contribution in [1.29, 1.82) is 0 Å². The van der Waals surface area contributed by atoms with Crippen LogP contribution in [0.15, 0.2) is 40.9 Å². The maximum atomic E-state index is 6.08. The van der Waals surface area contributed by atoms with E-state index in [-0.39, 0.29) is 0 Å². The molecule has 4 heteroatoms.